The molecular weight excluding hydrogens is 212 g/mol. The van der Waals surface area contributed by atoms with E-state index in [9.17, 15) is 4.79 Å². The van der Waals surface area contributed by atoms with E-state index in [1.807, 2.05) is 31.2 Å². The third-order valence-corrected chi connectivity index (χ3v) is 3.22. The Kier molecular flexibility index (Phi) is 3.55. The molecule has 3 nitrogen and oxygen atoms in total. The summed E-state index contributed by atoms with van der Waals surface area (Å²) in [5.74, 6) is 0.509. The average Bonchev–Trinajstić information content (AvgIpc) is 2.34. The van der Waals surface area contributed by atoms with Gasteiger partial charge in [0.2, 0.25) is 0 Å². The van der Waals surface area contributed by atoms with Gasteiger partial charge in [-0.1, -0.05) is 19.1 Å². The van der Waals surface area contributed by atoms with Crippen molar-refractivity contribution in [2.45, 2.75) is 19.9 Å². The van der Waals surface area contributed by atoms with Gasteiger partial charge in [-0.25, -0.2) is 0 Å². The number of benzene rings is 1. The Hall–Kier alpha value is -1.66. The van der Waals surface area contributed by atoms with Crippen LogP contribution in [0.5, 0.6) is 0 Å². The van der Waals surface area contributed by atoms with E-state index in [1.54, 1.807) is 0 Å². The number of nitrogens with zero attached hydrogens (tertiary/aromatic N) is 2. The molecule has 1 atom stereocenters. The molecule has 0 N–H and O–H groups in total. The van der Waals surface area contributed by atoms with Crippen molar-refractivity contribution < 1.29 is 4.79 Å². The minimum atomic E-state index is 0.142. The number of piperidine rings is 1. The van der Waals surface area contributed by atoms with Crippen LogP contribution in [0.15, 0.2) is 24.3 Å². The molecule has 1 saturated heterocycles. The highest BCUT2D eigenvalue weighted by Gasteiger charge is 2.23. The minimum absolute atomic E-state index is 0.142. The van der Waals surface area contributed by atoms with Crippen molar-refractivity contribution in [2.75, 3.05) is 13.1 Å². The van der Waals surface area contributed by atoms with Crippen LogP contribution in [0.25, 0.3) is 0 Å². The van der Waals surface area contributed by atoms with Crippen molar-refractivity contribution in [3.05, 3.63) is 35.4 Å². The van der Waals surface area contributed by atoms with Crippen molar-refractivity contribution in [1.29, 1.82) is 5.26 Å². The molecular formula is C14H16N2O. The summed E-state index contributed by atoms with van der Waals surface area (Å²) >= 11 is 0. The number of ketones is 1. The van der Waals surface area contributed by atoms with E-state index < -0.39 is 0 Å². The highest BCUT2D eigenvalue weighted by atomic mass is 16.1. The molecule has 0 spiro atoms. The molecule has 1 heterocycles. The first-order valence-electron chi connectivity index (χ1n) is 5.93. The van der Waals surface area contributed by atoms with Crippen LogP contribution in [0, 0.1) is 17.2 Å². The van der Waals surface area contributed by atoms with E-state index in [1.165, 1.54) is 0 Å². The second-order valence-electron chi connectivity index (χ2n) is 4.66. The standard InChI is InChI=1S/C14H16N2O/c1-11-9-16(6-5-14(11)17)10-13-4-2-3-12(7-13)8-15/h2-4,7,11H,5-6,9-10H2,1H3. The normalized spacial score (nSPS) is 21.2. The van der Waals surface area contributed by atoms with Crippen LogP contribution in [0.2, 0.25) is 0 Å². The van der Waals surface area contributed by atoms with Crippen molar-refractivity contribution in [1.82, 2.24) is 4.90 Å². The largest absolute Gasteiger partial charge is 0.299 e. The van der Waals surface area contributed by atoms with Gasteiger partial charge < -0.3 is 0 Å². The number of hydrogen-bond donors (Lipinski definition) is 0. The number of carbonyl (C=O) groups excluding carboxylic acids is 1. The lowest BCUT2D eigenvalue weighted by Gasteiger charge is -2.29. The van der Waals surface area contributed by atoms with Crippen LogP contribution in [0.3, 0.4) is 0 Å². The van der Waals surface area contributed by atoms with Gasteiger partial charge in [0.1, 0.15) is 5.78 Å². The fourth-order valence-electron chi connectivity index (χ4n) is 2.24. The predicted molar refractivity (Wildman–Crippen MR) is 65.2 cm³/mol. The number of Topliss-reactive ketones (excluding diaryl/α,β-unsaturated/α-hetero) is 1. The number of carbonyl (C=O) groups is 1. The zero-order valence-electron chi connectivity index (χ0n) is 10.0. The van der Waals surface area contributed by atoms with Gasteiger partial charge in [-0.3, -0.25) is 9.69 Å². The molecule has 1 aromatic rings. The van der Waals surface area contributed by atoms with Gasteiger partial charge in [0.15, 0.2) is 0 Å². The zero-order valence-corrected chi connectivity index (χ0v) is 10.0. The maximum absolute atomic E-state index is 11.4. The maximum atomic E-state index is 11.4. The summed E-state index contributed by atoms with van der Waals surface area (Å²) in [5, 5.41) is 8.84. The molecule has 1 fully saturated rings. The fourth-order valence-corrected chi connectivity index (χ4v) is 2.24. The van der Waals surface area contributed by atoms with Crippen LogP contribution in [-0.2, 0) is 11.3 Å². The first kappa shape index (κ1) is 11.8. The molecule has 1 unspecified atom stereocenters. The second-order valence-corrected chi connectivity index (χ2v) is 4.66. The Morgan fingerprint density at radius 3 is 3.06 bits per heavy atom. The molecule has 0 aromatic heterocycles. The monoisotopic (exact) mass is 228 g/mol. The van der Waals surface area contributed by atoms with E-state index in [0.717, 1.165) is 25.2 Å². The number of nitriles is 1. The summed E-state index contributed by atoms with van der Waals surface area (Å²) in [6, 6.07) is 9.82. The first-order valence-corrected chi connectivity index (χ1v) is 5.93. The lowest BCUT2D eigenvalue weighted by molar-refractivity contribution is -0.125. The van der Waals surface area contributed by atoms with Gasteiger partial charge in [-0.05, 0) is 17.7 Å². The maximum Gasteiger partial charge on any atom is 0.138 e. The molecule has 0 bridgehead atoms. The highest BCUT2D eigenvalue weighted by Crippen LogP contribution is 2.15. The molecule has 3 heteroatoms. The first-order chi connectivity index (χ1) is 8.19. The second kappa shape index (κ2) is 5.11. The quantitative estimate of drug-likeness (QED) is 0.777. The molecule has 1 aliphatic rings. The van der Waals surface area contributed by atoms with Crippen molar-refractivity contribution in [3.8, 4) is 6.07 Å². The Balaban J connectivity index is 2.01. The molecule has 1 aromatic carbocycles. The lowest BCUT2D eigenvalue weighted by Crippen LogP contribution is -2.39. The third kappa shape index (κ3) is 2.92. The van der Waals surface area contributed by atoms with E-state index in [-0.39, 0.29) is 5.92 Å². The SMILES string of the molecule is CC1CN(Cc2cccc(C#N)c2)CCC1=O. The molecule has 0 radical (unpaired) electrons. The third-order valence-electron chi connectivity index (χ3n) is 3.22. The van der Waals surface area contributed by atoms with Gasteiger partial charge in [-0.15, -0.1) is 0 Å². The van der Waals surface area contributed by atoms with Crippen LogP contribution < -0.4 is 0 Å². The van der Waals surface area contributed by atoms with E-state index in [0.29, 0.717) is 17.8 Å². The Labute approximate surface area is 102 Å². The van der Waals surface area contributed by atoms with Crippen molar-refractivity contribution >= 4 is 5.78 Å². The summed E-state index contributed by atoms with van der Waals surface area (Å²) in [6.07, 6.45) is 0.652. The minimum Gasteiger partial charge on any atom is -0.299 e. The highest BCUT2D eigenvalue weighted by molar-refractivity contribution is 5.81. The zero-order chi connectivity index (χ0) is 12.3. The number of hydrogen-bond acceptors (Lipinski definition) is 3. The van der Waals surface area contributed by atoms with Gasteiger partial charge >= 0.3 is 0 Å². The molecule has 17 heavy (non-hydrogen) atoms. The summed E-state index contributed by atoms with van der Waals surface area (Å²) in [5.41, 5.74) is 1.84. The Morgan fingerprint density at radius 2 is 2.35 bits per heavy atom. The molecule has 0 saturated carbocycles. The number of rotatable bonds is 2. The van der Waals surface area contributed by atoms with Gasteiger partial charge in [0, 0.05) is 32.0 Å². The molecule has 0 aliphatic carbocycles. The fraction of sp³-hybridized carbons (Fsp3) is 0.429. The lowest BCUT2D eigenvalue weighted by atomic mass is 9.98. The topological polar surface area (TPSA) is 44.1 Å². The van der Waals surface area contributed by atoms with Crippen molar-refractivity contribution in [3.63, 3.8) is 0 Å². The van der Waals surface area contributed by atoms with Crippen LogP contribution in [0.1, 0.15) is 24.5 Å². The molecule has 2 rings (SSSR count). The van der Waals surface area contributed by atoms with Crippen LogP contribution >= 0.6 is 0 Å². The molecule has 88 valence electrons. The van der Waals surface area contributed by atoms with Crippen LogP contribution in [-0.4, -0.2) is 23.8 Å². The van der Waals surface area contributed by atoms with E-state index in [4.69, 9.17) is 5.26 Å². The van der Waals surface area contributed by atoms with E-state index >= 15 is 0 Å². The van der Waals surface area contributed by atoms with Crippen LogP contribution in [0.4, 0.5) is 0 Å². The van der Waals surface area contributed by atoms with Crippen molar-refractivity contribution in [2.24, 2.45) is 5.92 Å². The van der Waals surface area contributed by atoms with Gasteiger partial charge in [-0.2, -0.15) is 5.26 Å². The predicted octanol–water partition coefficient (Wildman–Crippen LogP) is 1.97. The molecule has 0 amide bonds. The summed E-state index contributed by atoms with van der Waals surface area (Å²) < 4.78 is 0. The summed E-state index contributed by atoms with van der Waals surface area (Å²) in [4.78, 5) is 13.7. The Morgan fingerprint density at radius 1 is 1.53 bits per heavy atom. The van der Waals surface area contributed by atoms with Gasteiger partial charge in [0.25, 0.3) is 0 Å². The number of likely N-dealkylation sites (tertiary alicyclic amines) is 1. The summed E-state index contributed by atoms with van der Waals surface area (Å²) in [7, 11) is 0. The summed E-state index contributed by atoms with van der Waals surface area (Å²) in [6.45, 7) is 4.48. The smallest absolute Gasteiger partial charge is 0.138 e. The molecule has 1 aliphatic heterocycles. The van der Waals surface area contributed by atoms with Gasteiger partial charge in [0.05, 0.1) is 11.6 Å². The van der Waals surface area contributed by atoms with E-state index in [2.05, 4.69) is 11.0 Å². The average molecular weight is 228 g/mol. The Bertz CT molecular complexity index is 462.